The Morgan fingerprint density at radius 2 is 1.89 bits per heavy atom. The van der Waals surface area contributed by atoms with Crippen LogP contribution in [0.2, 0.25) is 0 Å². The average Bonchev–Trinajstić information content (AvgIpc) is 2.74. The van der Waals surface area contributed by atoms with Gasteiger partial charge in [0.15, 0.2) is 0 Å². The van der Waals surface area contributed by atoms with Crippen molar-refractivity contribution in [3.05, 3.63) is 71.7 Å². The molecule has 0 unspecified atom stereocenters. The second-order valence-electron chi connectivity index (χ2n) is 6.33. The maximum atomic E-state index is 12.8. The first-order chi connectivity index (χ1) is 13.2. The number of aromatic nitrogens is 4. The Morgan fingerprint density at radius 3 is 2.63 bits per heavy atom. The quantitative estimate of drug-likeness (QED) is 0.711. The summed E-state index contributed by atoms with van der Waals surface area (Å²) in [5.74, 6) is 0.0458. The number of rotatable bonds is 3. The van der Waals surface area contributed by atoms with Crippen LogP contribution in [-0.2, 0) is 24.2 Å². The summed E-state index contributed by atoms with van der Waals surface area (Å²) in [6.45, 7) is 1.10. The van der Waals surface area contributed by atoms with E-state index in [0.717, 1.165) is 28.1 Å². The minimum absolute atomic E-state index is 0.0458. The highest BCUT2D eigenvalue weighted by molar-refractivity contribution is 5.79. The van der Waals surface area contributed by atoms with Crippen molar-refractivity contribution in [1.29, 1.82) is 5.26 Å². The van der Waals surface area contributed by atoms with Crippen LogP contribution in [0.3, 0.4) is 0 Å². The first-order valence-electron chi connectivity index (χ1n) is 8.59. The lowest BCUT2D eigenvalue weighted by Gasteiger charge is -2.29. The zero-order valence-corrected chi connectivity index (χ0v) is 14.5. The second kappa shape index (κ2) is 7.30. The maximum absolute atomic E-state index is 12.8. The predicted octanol–water partition coefficient (Wildman–Crippen LogP) is 1.93. The van der Waals surface area contributed by atoms with Crippen molar-refractivity contribution in [1.82, 2.24) is 24.8 Å². The number of amides is 1. The molecule has 0 bridgehead atoms. The fourth-order valence-corrected chi connectivity index (χ4v) is 3.21. The molecule has 1 amide bonds. The standard InChI is InChI=1S/C20H16N6O/c21-8-15-3-1-14(2-4-15)7-19(27)26-6-5-18-17(11-26)20(25-13-24-18)16-9-22-12-23-10-16/h1-4,9-10,12-13H,5-7,11H2. The molecule has 0 radical (unpaired) electrons. The Hall–Kier alpha value is -3.66. The van der Waals surface area contributed by atoms with Gasteiger partial charge in [0.25, 0.3) is 0 Å². The van der Waals surface area contributed by atoms with Crippen LogP contribution < -0.4 is 0 Å². The molecule has 1 aromatic carbocycles. The van der Waals surface area contributed by atoms with Gasteiger partial charge in [-0.2, -0.15) is 5.26 Å². The first kappa shape index (κ1) is 16.8. The lowest BCUT2D eigenvalue weighted by molar-refractivity contribution is -0.131. The molecule has 3 aromatic rings. The van der Waals surface area contributed by atoms with E-state index in [1.165, 1.54) is 6.33 Å². The molecule has 4 rings (SSSR count). The van der Waals surface area contributed by atoms with E-state index in [1.54, 1.807) is 30.9 Å². The largest absolute Gasteiger partial charge is 0.338 e. The Kier molecular flexibility index (Phi) is 4.54. The predicted molar refractivity (Wildman–Crippen MR) is 97.0 cm³/mol. The summed E-state index contributed by atoms with van der Waals surface area (Å²) in [5.41, 5.74) is 4.99. The number of carbonyl (C=O) groups excluding carboxylic acids is 1. The molecule has 2 aromatic heterocycles. The highest BCUT2D eigenvalue weighted by atomic mass is 16.2. The monoisotopic (exact) mass is 356 g/mol. The van der Waals surface area contributed by atoms with Crippen molar-refractivity contribution < 1.29 is 4.79 Å². The number of benzene rings is 1. The van der Waals surface area contributed by atoms with E-state index >= 15 is 0 Å². The smallest absolute Gasteiger partial charge is 0.227 e. The summed E-state index contributed by atoms with van der Waals surface area (Å²) in [7, 11) is 0. The van der Waals surface area contributed by atoms with Crippen LogP contribution in [0.25, 0.3) is 11.3 Å². The van der Waals surface area contributed by atoms with Gasteiger partial charge in [0.1, 0.15) is 12.7 Å². The average molecular weight is 356 g/mol. The van der Waals surface area contributed by atoms with Gasteiger partial charge in [-0.25, -0.2) is 19.9 Å². The lowest BCUT2D eigenvalue weighted by Crippen LogP contribution is -2.37. The van der Waals surface area contributed by atoms with Crippen LogP contribution in [-0.4, -0.2) is 37.3 Å². The Labute approximate surface area is 156 Å². The molecule has 27 heavy (non-hydrogen) atoms. The molecular formula is C20H16N6O. The molecule has 0 aliphatic carbocycles. The number of hydrogen-bond donors (Lipinski definition) is 0. The molecule has 132 valence electrons. The number of fused-ring (bicyclic) bond motifs is 1. The van der Waals surface area contributed by atoms with E-state index in [4.69, 9.17) is 5.26 Å². The fourth-order valence-electron chi connectivity index (χ4n) is 3.21. The molecule has 1 aliphatic heterocycles. The van der Waals surface area contributed by atoms with Crippen LogP contribution in [0.4, 0.5) is 0 Å². The van der Waals surface area contributed by atoms with E-state index in [-0.39, 0.29) is 5.91 Å². The number of carbonyl (C=O) groups is 1. The third kappa shape index (κ3) is 3.51. The summed E-state index contributed by atoms with van der Waals surface area (Å²) in [6, 6.07) is 9.19. The molecule has 7 nitrogen and oxygen atoms in total. The van der Waals surface area contributed by atoms with Gasteiger partial charge in [0.05, 0.1) is 29.4 Å². The van der Waals surface area contributed by atoms with Crippen LogP contribution in [0.5, 0.6) is 0 Å². The van der Waals surface area contributed by atoms with Crippen molar-refractivity contribution >= 4 is 5.91 Å². The zero-order chi connectivity index (χ0) is 18.6. The van der Waals surface area contributed by atoms with Gasteiger partial charge in [-0.3, -0.25) is 4.79 Å². The van der Waals surface area contributed by atoms with Gasteiger partial charge < -0.3 is 4.90 Å². The maximum Gasteiger partial charge on any atom is 0.227 e. The van der Waals surface area contributed by atoms with Crippen LogP contribution >= 0.6 is 0 Å². The minimum atomic E-state index is 0.0458. The van der Waals surface area contributed by atoms with Crippen LogP contribution in [0.15, 0.2) is 49.3 Å². The van der Waals surface area contributed by atoms with E-state index in [1.807, 2.05) is 17.0 Å². The number of hydrogen-bond acceptors (Lipinski definition) is 6. The molecule has 0 saturated carbocycles. The van der Waals surface area contributed by atoms with Crippen molar-refractivity contribution in [2.45, 2.75) is 19.4 Å². The molecule has 7 heteroatoms. The molecule has 0 atom stereocenters. The lowest BCUT2D eigenvalue weighted by atomic mass is 10.00. The SMILES string of the molecule is N#Cc1ccc(CC(=O)N2CCc3ncnc(-c4cncnc4)c3C2)cc1. The zero-order valence-electron chi connectivity index (χ0n) is 14.5. The highest BCUT2D eigenvalue weighted by Crippen LogP contribution is 2.26. The van der Waals surface area contributed by atoms with Crippen molar-refractivity contribution in [2.75, 3.05) is 6.54 Å². The van der Waals surface area contributed by atoms with E-state index < -0.39 is 0 Å². The molecule has 0 fully saturated rings. The fraction of sp³-hybridized carbons (Fsp3) is 0.200. The normalized spacial score (nSPS) is 12.9. The topological polar surface area (TPSA) is 95.7 Å². The van der Waals surface area contributed by atoms with Gasteiger partial charge in [0.2, 0.25) is 5.91 Å². The van der Waals surface area contributed by atoms with E-state index in [2.05, 4.69) is 26.0 Å². The summed E-state index contributed by atoms with van der Waals surface area (Å²) < 4.78 is 0. The second-order valence-corrected chi connectivity index (χ2v) is 6.33. The summed E-state index contributed by atoms with van der Waals surface area (Å²) >= 11 is 0. The van der Waals surface area contributed by atoms with Gasteiger partial charge in [-0.1, -0.05) is 12.1 Å². The van der Waals surface area contributed by atoms with Gasteiger partial charge >= 0.3 is 0 Å². The van der Waals surface area contributed by atoms with Gasteiger partial charge in [0, 0.05) is 43.0 Å². The van der Waals surface area contributed by atoms with Gasteiger partial charge in [-0.15, -0.1) is 0 Å². The first-order valence-corrected chi connectivity index (χ1v) is 8.59. The highest BCUT2D eigenvalue weighted by Gasteiger charge is 2.25. The number of nitrogens with zero attached hydrogens (tertiary/aromatic N) is 6. The van der Waals surface area contributed by atoms with Crippen molar-refractivity contribution in [3.8, 4) is 17.3 Å². The molecule has 1 aliphatic rings. The van der Waals surface area contributed by atoms with Gasteiger partial charge in [-0.05, 0) is 17.7 Å². The third-order valence-electron chi connectivity index (χ3n) is 4.63. The minimum Gasteiger partial charge on any atom is -0.338 e. The van der Waals surface area contributed by atoms with E-state index in [9.17, 15) is 4.79 Å². The van der Waals surface area contributed by atoms with Crippen LogP contribution in [0, 0.1) is 11.3 Å². The molecule has 0 saturated heterocycles. The Bertz CT molecular complexity index is 1010. The summed E-state index contributed by atoms with van der Waals surface area (Å²) in [6.07, 6.45) is 7.45. The number of nitriles is 1. The Balaban J connectivity index is 1.55. The molecular weight excluding hydrogens is 340 g/mol. The molecule has 0 spiro atoms. The third-order valence-corrected chi connectivity index (χ3v) is 4.63. The summed E-state index contributed by atoms with van der Waals surface area (Å²) in [5, 5.41) is 8.88. The molecule has 3 heterocycles. The summed E-state index contributed by atoms with van der Waals surface area (Å²) in [4.78, 5) is 31.5. The van der Waals surface area contributed by atoms with Crippen molar-refractivity contribution in [3.63, 3.8) is 0 Å². The Morgan fingerprint density at radius 1 is 1.11 bits per heavy atom. The van der Waals surface area contributed by atoms with Crippen molar-refractivity contribution in [2.24, 2.45) is 0 Å². The van der Waals surface area contributed by atoms with Crippen LogP contribution in [0.1, 0.15) is 22.4 Å². The molecule has 0 N–H and O–H groups in total. The van der Waals surface area contributed by atoms with E-state index in [0.29, 0.717) is 31.5 Å².